The van der Waals surface area contributed by atoms with E-state index in [0.717, 1.165) is 30.2 Å². The Morgan fingerprint density at radius 1 is 1.00 bits per heavy atom. The van der Waals surface area contributed by atoms with Gasteiger partial charge in [-0.05, 0) is 23.6 Å². The third-order valence-electron chi connectivity index (χ3n) is 4.44. The summed E-state index contributed by atoms with van der Waals surface area (Å²) in [5.74, 6) is 0.172. The van der Waals surface area contributed by atoms with Gasteiger partial charge in [-0.2, -0.15) is 0 Å². The van der Waals surface area contributed by atoms with Crippen molar-refractivity contribution in [1.82, 2.24) is 4.90 Å². The monoisotopic (exact) mass is 370 g/mol. The number of rotatable bonds is 7. The normalized spacial score (nSPS) is 13.6. The van der Waals surface area contributed by atoms with Crippen LogP contribution in [0.25, 0.3) is 0 Å². The smallest absolute Gasteiger partial charge is 0.299 e. The van der Waals surface area contributed by atoms with Crippen molar-refractivity contribution in [2.24, 2.45) is 0 Å². The van der Waals surface area contributed by atoms with E-state index in [2.05, 4.69) is 5.32 Å². The summed E-state index contributed by atoms with van der Waals surface area (Å²) in [5, 5.41) is 24.9. The highest BCUT2D eigenvalue weighted by atomic mass is 16.6. The summed E-state index contributed by atoms with van der Waals surface area (Å²) in [5.41, 5.74) is 1.48. The molecule has 0 radical (unpaired) electrons. The maximum Gasteiger partial charge on any atom is 0.299 e. The standard InChI is InChI=1S/C18H18N4O5/c23-18-2-1-9-20(18)12-14-5-3-13(4-6-14)11-19-16-8-7-15(21(24)25)10-17(16)22(26)27/h3-8,10,19H,1-2,9,11-12H2. The Hall–Kier alpha value is -3.49. The van der Waals surface area contributed by atoms with Crippen molar-refractivity contribution in [2.45, 2.75) is 25.9 Å². The Labute approximate surface area is 154 Å². The van der Waals surface area contributed by atoms with E-state index in [9.17, 15) is 25.0 Å². The van der Waals surface area contributed by atoms with Gasteiger partial charge in [0.1, 0.15) is 5.69 Å². The number of likely N-dealkylation sites (tertiary alicyclic amines) is 1. The molecule has 1 amide bonds. The summed E-state index contributed by atoms with van der Waals surface area (Å²) in [6.45, 7) is 1.70. The average Bonchev–Trinajstić information content (AvgIpc) is 3.05. The number of anilines is 1. The highest BCUT2D eigenvalue weighted by Gasteiger charge is 2.20. The van der Waals surface area contributed by atoms with Crippen molar-refractivity contribution in [2.75, 3.05) is 11.9 Å². The number of nitro groups is 2. The molecule has 1 aliphatic heterocycles. The van der Waals surface area contributed by atoms with Crippen LogP contribution in [0.2, 0.25) is 0 Å². The largest absolute Gasteiger partial charge is 0.375 e. The minimum atomic E-state index is -0.666. The van der Waals surface area contributed by atoms with Crippen LogP contribution in [0.4, 0.5) is 17.1 Å². The molecule has 0 spiro atoms. The molecule has 3 rings (SSSR count). The summed E-state index contributed by atoms with van der Waals surface area (Å²) in [6, 6.07) is 11.1. The molecule has 0 unspecified atom stereocenters. The molecule has 0 bridgehead atoms. The predicted octanol–water partition coefficient (Wildman–Crippen LogP) is 3.24. The molecule has 2 aromatic carbocycles. The van der Waals surface area contributed by atoms with Gasteiger partial charge in [-0.3, -0.25) is 25.0 Å². The quantitative estimate of drug-likeness (QED) is 0.590. The first-order chi connectivity index (χ1) is 12.9. The Morgan fingerprint density at radius 3 is 2.30 bits per heavy atom. The molecule has 1 fully saturated rings. The maximum absolute atomic E-state index is 11.7. The first-order valence-electron chi connectivity index (χ1n) is 8.46. The van der Waals surface area contributed by atoms with Crippen LogP contribution in [0.5, 0.6) is 0 Å². The van der Waals surface area contributed by atoms with Crippen LogP contribution < -0.4 is 5.32 Å². The van der Waals surface area contributed by atoms with Gasteiger partial charge >= 0.3 is 0 Å². The second-order valence-electron chi connectivity index (χ2n) is 6.30. The molecule has 1 N–H and O–H groups in total. The molecule has 0 saturated carbocycles. The molecule has 27 heavy (non-hydrogen) atoms. The number of amides is 1. The molecule has 0 aliphatic carbocycles. The van der Waals surface area contributed by atoms with Crippen LogP contribution in [0.3, 0.4) is 0 Å². The van der Waals surface area contributed by atoms with Crippen LogP contribution in [0, 0.1) is 20.2 Å². The number of hydrogen-bond acceptors (Lipinski definition) is 6. The van der Waals surface area contributed by atoms with Crippen molar-refractivity contribution < 1.29 is 14.6 Å². The first kappa shape index (κ1) is 18.3. The third-order valence-corrected chi connectivity index (χ3v) is 4.44. The van der Waals surface area contributed by atoms with Crippen molar-refractivity contribution in [3.05, 3.63) is 73.8 Å². The van der Waals surface area contributed by atoms with E-state index in [1.54, 1.807) is 0 Å². The molecule has 9 nitrogen and oxygen atoms in total. The maximum atomic E-state index is 11.7. The lowest BCUT2D eigenvalue weighted by molar-refractivity contribution is -0.393. The number of carbonyl (C=O) groups excluding carboxylic acids is 1. The van der Waals surface area contributed by atoms with Gasteiger partial charge in [0, 0.05) is 32.1 Å². The Kier molecular flexibility index (Phi) is 5.30. The molecule has 2 aromatic rings. The fourth-order valence-corrected chi connectivity index (χ4v) is 2.99. The van der Waals surface area contributed by atoms with Crippen LogP contribution in [0.1, 0.15) is 24.0 Å². The van der Waals surface area contributed by atoms with Gasteiger partial charge in [0.05, 0.1) is 15.9 Å². The van der Waals surface area contributed by atoms with Crippen LogP contribution in [-0.4, -0.2) is 27.2 Å². The van der Waals surface area contributed by atoms with Crippen LogP contribution in [0.15, 0.2) is 42.5 Å². The summed E-state index contributed by atoms with van der Waals surface area (Å²) >= 11 is 0. The highest BCUT2D eigenvalue weighted by Crippen LogP contribution is 2.29. The molecular formula is C18H18N4O5. The second kappa shape index (κ2) is 7.81. The number of benzene rings is 2. The van der Waals surface area contributed by atoms with Gasteiger partial charge < -0.3 is 10.2 Å². The SMILES string of the molecule is O=C1CCCN1Cc1ccc(CNc2ccc([N+](=O)[O-])cc2[N+](=O)[O-])cc1. The second-order valence-corrected chi connectivity index (χ2v) is 6.30. The molecule has 1 saturated heterocycles. The van der Waals surface area contributed by atoms with Crippen molar-refractivity contribution >= 4 is 23.0 Å². The zero-order valence-electron chi connectivity index (χ0n) is 14.5. The van der Waals surface area contributed by atoms with Gasteiger partial charge in [-0.25, -0.2) is 0 Å². The van der Waals surface area contributed by atoms with Crippen molar-refractivity contribution in [3.63, 3.8) is 0 Å². The lowest BCUT2D eigenvalue weighted by atomic mass is 10.1. The van der Waals surface area contributed by atoms with E-state index in [-0.39, 0.29) is 23.0 Å². The van der Waals surface area contributed by atoms with Gasteiger partial charge in [0.15, 0.2) is 0 Å². The van der Waals surface area contributed by atoms with Gasteiger partial charge in [-0.1, -0.05) is 24.3 Å². The Morgan fingerprint density at radius 2 is 1.70 bits per heavy atom. The molecule has 1 aliphatic rings. The van der Waals surface area contributed by atoms with E-state index in [4.69, 9.17) is 0 Å². The molecule has 0 atom stereocenters. The number of hydrogen-bond donors (Lipinski definition) is 1. The summed E-state index contributed by atoms with van der Waals surface area (Å²) in [7, 11) is 0. The fraction of sp³-hybridized carbons (Fsp3) is 0.278. The summed E-state index contributed by atoms with van der Waals surface area (Å²) in [4.78, 5) is 34.1. The minimum Gasteiger partial charge on any atom is -0.375 e. The van der Waals surface area contributed by atoms with Gasteiger partial charge in [-0.15, -0.1) is 0 Å². The van der Waals surface area contributed by atoms with E-state index in [1.807, 2.05) is 29.2 Å². The number of nitrogens with one attached hydrogen (secondary N) is 1. The minimum absolute atomic E-state index is 0.172. The van der Waals surface area contributed by atoms with Crippen molar-refractivity contribution in [3.8, 4) is 0 Å². The number of nitro benzene ring substituents is 2. The van der Waals surface area contributed by atoms with Crippen LogP contribution in [-0.2, 0) is 17.9 Å². The number of non-ortho nitro benzene ring substituents is 1. The van der Waals surface area contributed by atoms with Gasteiger partial charge in [0.2, 0.25) is 5.91 Å². The Balaban J connectivity index is 1.65. The first-order valence-corrected chi connectivity index (χ1v) is 8.46. The van der Waals surface area contributed by atoms with Gasteiger partial charge in [0.25, 0.3) is 11.4 Å². The van der Waals surface area contributed by atoms with Crippen LogP contribution >= 0.6 is 0 Å². The summed E-state index contributed by atoms with van der Waals surface area (Å²) < 4.78 is 0. The van der Waals surface area contributed by atoms with E-state index < -0.39 is 9.85 Å². The van der Waals surface area contributed by atoms with Crippen molar-refractivity contribution in [1.29, 1.82) is 0 Å². The lowest BCUT2D eigenvalue weighted by Gasteiger charge is -2.15. The summed E-state index contributed by atoms with van der Waals surface area (Å²) in [6.07, 6.45) is 1.50. The molecule has 140 valence electrons. The highest BCUT2D eigenvalue weighted by molar-refractivity contribution is 5.78. The third kappa shape index (κ3) is 4.38. The number of carbonyl (C=O) groups is 1. The van der Waals surface area contributed by atoms with E-state index in [0.29, 0.717) is 19.5 Å². The zero-order valence-corrected chi connectivity index (χ0v) is 14.5. The topological polar surface area (TPSA) is 119 Å². The molecule has 1 heterocycles. The number of nitrogens with zero attached hydrogens (tertiary/aromatic N) is 3. The predicted molar refractivity (Wildman–Crippen MR) is 98.2 cm³/mol. The molecule has 0 aromatic heterocycles. The molecular weight excluding hydrogens is 352 g/mol. The Bertz CT molecular complexity index is 882. The van der Waals surface area contributed by atoms with E-state index in [1.165, 1.54) is 12.1 Å². The lowest BCUT2D eigenvalue weighted by Crippen LogP contribution is -2.23. The zero-order chi connectivity index (χ0) is 19.4. The average molecular weight is 370 g/mol. The van der Waals surface area contributed by atoms with E-state index >= 15 is 0 Å². The fourth-order valence-electron chi connectivity index (χ4n) is 2.99. The molecule has 9 heteroatoms.